The van der Waals surface area contributed by atoms with Gasteiger partial charge in [-0.25, -0.2) is 0 Å². The second kappa shape index (κ2) is 4.95. The summed E-state index contributed by atoms with van der Waals surface area (Å²) in [4.78, 5) is 0. The van der Waals surface area contributed by atoms with Crippen LogP contribution >= 0.6 is 24.2 Å². The Balaban J connectivity index is 0.000001000. The van der Waals surface area contributed by atoms with E-state index in [1.165, 1.54) is 0 Å². The van der Waals surface area contributed by atoms with Crippen LogP contribution in [0.1, 0.15) is 12.8 Å². The zero-order chi connectivity index (χ0) is 7.45. The molecule has 0 saturated carbocycles. The first kappa shape index (κ1) is 11.2. The van der Waals surface area contributed by atoms with Gasteiger partial charge >= 0.3 is 0 Å². The highest BCUT2D eigenvalue weighted by molar-refractivity contribution is 7.98. The Labute approximate surface area is 77.6 Å². The van der Waals surface area contributed by atoms with E-state index in [4.69, 9.17) is 5.73 Å². The van der Waals surface area contributed by atoms with E-state index in [2.05, 4.69) is 16.5 Å². The van der Waals surface area contributed by atoms with Gasteiger partial charge in [-0.1, -0.05) is 0 Å². The van der Waals surface area contributed by atoms with E-state index in [-0.39, 0.29) is 18.1 Å². The van der Waals surface area contributed by atoms with Gasteiger partial charge in [-0.15, -0.1) is 12.4 Å². The second-order valence-corrected chi connectivity index (χ2v) is 3.45. The Hall–Kier alpha value is 0.200. The van der Waals surface area contributed by atoms with Gasteiger partial charge in [0.15, 0.2) is 5.66 Å². The standard InChI is InChI=1S/C6H13N3S.ClH/c1-10-5-3-6(2-4-7)8-9-6;/h2-5,7H2,1H3;1H. The maximum absolute atomic E-state index is 5.40. The molecule has 1 heterocycles. The van der Waals surface area contributed by atoms with Crippen molar-refractivity contribution in [2.75, 3.05) is 18.6 Å². The SMILES string of the molecule is CSCCC1(CCN)N=N1.Cl. The molecule has 66 valence electrons. The lowest BCUT2D eigenvalue weighted by Gasteiger charge is -2.06. The van der Waals surface area contributed by atoms with E-state index in [0.29, 0.717) is 6.54 Å². The fourth-order valence-electron chi connectivity index (χ4n) is 0.892. The van der Waals surface area contributed by atoms with Crippen molar-refractivity contribution >= 4 is 24.2 Å². The van der Waals surface area contributed by atoms with Gasteiger partial charge in [0.1, 0.15) is 0 Å². The monoisotopic (exact) mass is 195 g/mol. The van der Waals surface area contributed by atoms with Crippen molar-refractivity contribution in [1.29, 1.82) is 0 Å². The van der Waals surface area contributed by atoms with E-state index in [9.17, 15) is 0 Å². The van der Waals surface area contributed by atoms with Crippen LogP contribution in [0.2, 0.25) is 0 Å². The van der Waals surface area contributed by atoms with Crippen LogP contribution in [0, 0.1) is 0 Å². The third-order valence-corrected chi connectivity index (χ3v) is 2.25. The summed E-state index contributed by atoms with van der Waals surface area (Å²) in [6.07, 6.45) is 4.08. The maximum Gasteiger partial charge on any atom is 0.192 e. The summed E-state index contributed by atoms with van der Waals surface area (Å²) in [5.74, 6) is 1.13. The van der Waals surface area contributed by atoms with Gasteiger partial charge in [-0.3, -0.25) is 0 Å². The fraction of sp³-hybridized carbons (Fsp3) is 1.00. The summed E-state index contributed by atoms with van der Waals surface area (Å²) >= 11 is 1.83. The maximum atomic E-state index is 5.40. The molecule has 0 aromatic rings. The van der Waals surface area contributed by atoms with E-state index in [1.54, 1.807) is 0 Å². The van der Waals surface area contributed by atoms with Crippen LogP contribution in [0.15, 0.2) is 10.2 Å². The van der Waals surface area contributed by atoms with Crippen LogP contribution in [0.5, 0.6) is 0 Å². The number of nitrogens with zero attached hydrogens (tertiary/aromatic N) is 2. The molecule has 0 saturated heterocycles. The third kappa shape index (κ3) is 3.40. The Bertz CT molecular complexity index is 134. The first-order valence-electron chi connectivity index (χ1n) is 3.46. The van der Waals surface area contributed by atoms with Gasteiger partial charge in [0.2, 0.25) is 0 Å². The predicted octanol–water partition coefficient (Wildman–Crippen LogP) is 1.67. The molecule has 0 radical (unpaired) electrons. The summed E-state index contributed by atoms with van der Waals surface area (Å²) in [6, 6.07) is 0. The molecule has 0 fully saturated rings. The molecule has 0 aromatic heterocycles. The lowest BCUT2D eigenvalue weighted by molar-refractivity contribution is 0.542. The van der Waals surface area contributed by atoms with Gasteiger partial charge in [0.05, 0.1) is 0 Å². The summed E-state index contributed by atoms with van der Waals surface area (Å²) in [7, 11) is 0. The Morgan fingerprint density at radius 3 is 2.36 bits per heavy atom. The zero-order valence-electron chi connectivity index (χ0n) is 6.62. The number of nitrogens with two attached hydrogens (primary N) is 1. The lowest BCUT2D eigenvalue weighted by atomic mass is 10.1. The number of hydrogen-bond donors (Lipinski definition) is 1. The lowest BCUT2D eigenvalue weighted by Crippen LogP contribution is -2.17. The molecule has 1 rings (SSSR count). The average Bonchev–Trinajstić information content (AvgIpc) is 2.67. The minimum Gasteiger partial charge on any atom is -0.330 e. The number of thioether (sulfide) groups is 1. The van der Waals surface area contributed by atoms with E-state index >= 15 is 0 Å². The van der Waals surface area contributed by atoms with Crippen molar-refractivity contribution in [1.82, 2.24) is 0 Å². The zero-order valence-corrected chi connectivity index (χ0v) is 8.25. The highest BCUT2D eigenvalue weighted by Gasteiger charge is 2.37. The molecule has 5 heteroatoms. The van der Waals surface area contributed by atoms with Gasteiger partial charge in [0, 0.05) is 12.8 Å². The molecular weight excluding hydrogens is 182 g/mol. The molecule has 11 heavy (non-hydrogen) atoms. The number of rotatable bonds is 5. The van der Waals surface area contributed by atoms with Gasteiger partial charge in [0.25, 0.3) is 0 Å². The van der Waals surface area contributed by atoms with Crippen molar-refractivity contribution in [2.45, 2.75) is 18.5 Å². The van der Waals surface area contributed by atoms with Crippen LogP contribution in [0.3, 0.4) is 0 Å². The molecule has 3 nitrogen and oxygen atoms in total. The molecule has 0 aliphatic carbocycles. The van der Waals surface area contributed by atoms with E-state index in [0.717, 1.165) is 18.6 Å². The number of hydrogen-bond acceptors (Lipinski definition) is 4. The van der Waals surface area contributed by atoms with Crippen molar-refractivity contribution in [3.8, 4) is 0 Å². The van der Waals surface area contributed by atoms with Crippen LogP contribution in [0.25, 0.3) is 0 Å². The van der Waals surface area contributed by atoms with Crippen LogP contribution < -0.4 is 5.73 Å². The third-order valence-electron chi connectivity index (χ3n) is 1.63. The molecule has 0 bridgehead atoms. The summed E-state index contributed by atoms with van der Waals surface area (Å²) in [5.41, 5.74) is 5.36. The highest BCUT2D eigenvalue weighted by Crippen LogP contribution is 2.35. The highest BCUT2D eigenvalue weighted by atomic mass is 35.5. The minimum absolute atomic E-state index is 0. The van der Waals surface area contributed by atoms with Gasteiger partial charge < -0.3 is 5.73 Å². The largest absolute Gasteiger partial charge is 0.330 e. The summed E-state index contributed by atoms with van der Waals surface area (Å²) < 4.78 is 0. The van der Waals surface area contributed by atoms with Gasteiger partial charge in [-0.05, 0) is 18.6 Å². The first-order chi connectivity index (χ1) is 4.83. The van der Waals surface area contributed by atoms with Crippen LogP contribution in [-0.2, 0) is 0 Å². The molecule has 0 atom stereocenters. The summed E-state index contributed by atoms with van der Waals surface area (Å²) in [6.45, 7) is 0.696. The number of halogens is 1. The van der Waals surface area contributed by atoms with E-state index in [1.807, 2.05) is 11.8 Å². The van der Waals surface area contributed by atoms with Crippen LogP contribution in [-0.4, -0.2) is 24.2 Å². The smallest absolute Gasteiger partial charge is 0.192 e. The Morgan fingerprint density at radius 1 is 1.36 bits per heavy atom. The molecule has 0 amide bonds. The predicted molar refractivity (Wildman–Crippen MR) is 51.5 cm³/mol. The topological polar surface area (TPSA) is 50.7 Å². The van der Waals surface area contributed by atoms with E-state index < -0.39 is 0 Å². The van der Waals surface area contributed by atoms with Crippen molar-refractivity contribution < 1.29 is 0 Å². The molecule has 0 spiro atoms. The first-order valence-corrected chi connectivity index (χ1v) is 4.85. The van der Waals surface area contributed by atoms with Gasteiger partial charge in [-0.2, -0.15) is 22.0 Å². The van der Waals surface area contributed by atoms with Crippen molar-refractivity contribution in [3.05, 3.63) is 0 Å². The molecule has 1 aliphatic rings. The van der Waals surface area contributed by atoms with Crippen molar-refractivity contribution in [2.24, 2.45) is 16.0 Å². The molecule has 0 unspecified atom stereocenters. The Morgan fingerprint density at radius 2 is 2.00 bits per heavy atom. The molecule has 1 aliphatic heterocycles. The quantitative estimate of drug-likeness (QED) is 0.726. The minimum atomic E-state index is -0.0439. The average molecular weight is 196 g/mol. The molecular formula is C6H14ClN3S. The fourth-order valence-corrected chi connectivity index (χ4v) is 1.42. The Kier molecular flexibility index (Phi) is 5.04. The van der Waals surface area contributed by atoms with Crippen molar-refractivity contribution in [3.63, 3.8) is 0 Å². The molecule has 2 N–H and O–H groups in total. The second-order valence-electron chi connectivity index (χ2n) is 2.46. The molecule has 0 aromatic carbocycles. The van der Waals surface area contributed by atoms with Crippen LogP contribution in [0.4, 0.5) is 0 Å². The normalized spacial score (nSPS) is 17.6. The summed E-state index contributed by atoms with van der Waals surface area (Å²) in [5, 5.41) is 7.99.